The van der Waals surface area contributed by atoms with Crippen molar-refractivity contribution < 1.29 is 4.79 Å². The maximum absolute atomic E-state index is 12.6. The molecule has 1 saturated carbocycles. The van der Waals surface area contributed by atoms with Crippen LogP contribution in [0.25, 0.3) is 0 Å². The minimum atomic E-state index is 0.374. The van der Waals surface area contributed by atoms with E-state index in [0.29, 0.717) is 18.4 Å². The van der Waals surface area contributed by atoms with Crippen LogP contribution < -0.4 is 5.32 Å². The first-order valence-corrected chi connectivity index (χ1v) is 8.50. The molecule has 1 unspecified atom stereocenters. The maximum atomic E-state index is 12.6. The predicted octanol–water partition coefficient (Wildman–Crippen LogP) is 2.87. The third-order valence-corrected chi connectivity index (χ3v) is 4.89. The van der Waals surface area contributed by atoms with E-state index < -0.39 is 0 Å². The van der Waals surface area contributed by atoms with Gasteiger partial charge in [0.25, 0.3) is 0 Å². The Labute approximate surface area is 122 Å². The van der Waals surface area contributed by atoms with Crippen molar-refractivity contribution >= 4 is 5.91 Å². The Morgan fingerprint density at radius 3 is 2.75 bits per heavy atom. The molecular weight excluding hydrogens is 248 g/mol. The van der Waals surface area contributed by atoms with E-state index in [4.69, 9.17) is 0 Å². The molecule has 0 aromatic carbocycles. The molecule has 2 aliphatic carbocycles. The highest BCUT2D eigenvalue weighted by molar-refractivity contribution is 5.78. The van der Waals surface area contributed by atoms with Crippen LogP contribution in [-0.2, 0) is 4.79 Å². The average Bonchev–Trinajstić information content (AvgIpc) is 3.13. The van der Waals surface area contributed by atoms with E-state index in [9.17, 15) is 4.79 Å². The third-order valence-electron chi connectivity index (χ3n) is 4.89. The molecule has 0 aromatic heterocycles. The molecule has 2 fully saturated rings. The summed E-state index contributed by atoms with van der Waals surface area (Å²) in [4.78, 5) is 14.8. The Morgan fingerprint density at radius 1 is 1.20 bits per heavy atom. The summed E-state index contributed by atoms with van der Waals surface area (Å²) in [6, 6.07) is 0.540. The molecule has 0 spiro atoms. The van der Waals surface area contributed by atoms with Gasteiger partial charge in [-0.15, -0.1) is 0 Å². The Hall–Kier alpha value is -0.830. The van der Waals surface area contributed by atoms with E-state index in [1.165, 1.54) is 50.5 Å². The molecule has 0 radical (unpaired) electrons. The van der Waals surface area contributed by atoms with Gasteiger partial charge < -0.3 is 10.2 Å². The lowest BCUT2D eigenvalue weighted by molar-refractivity contribution is -0.131. The molecule has 1 N–H and O–H groups in total. The number of amides is 1. The van der Waals surface area contributed by atoms with E-state index >= 15 is 0 Å². The molecule has 1 amide bonds. The van der Waals surface area contributed by atoms with Crippen LogP contribution >= 0.6 is 0 Å². The number of hydrogen-bond acceptors (Lipinski definition) is 2. The summed E-state index contributed by atoms with van der Waals surface area (Å²) >= 11 is 0. The lowest BCUT2D eigenvalue weighted by atomic mass is 9.96. The summed E-state index contributed by atoms with van der Waals surface area (Å²) in [5, 5.41) is 3.53. The van der Waals surface area contributed by atoms with E-state index in [-0.39, 0.29) is 0 Å². The molecule has 1 atom stereocenters. The molecule has 112 valence electrons. The van der Waals surface area contributed by atoms with E-state index in [2.05, 4.69) is 16.3 Å². The smallest absolute Gasteiger partial charge is 0.226 e. The fourth-order valence-electron chi connectivity index (χ4n) is 3.44. The van der Waals surface area contributed by atoms with Crippen molar-refractivity contribution in [2.75, 3.05) is 19.6 Å². The Bertz CT molecular complexity index is 367. The number of carbonyl (C=O) groups excluding carboxylic acids is 1. The number of nitrogens with one attached hydrogen (secondary N) is 1. The quantitative estimate of drug-likeness (QED) is 0.757. The second-order valence-corrected chi connectivity index (χ2v) is 6.82. The molecule has 3 nitrogen and oxygen atoms in total. The van der Waals surface area contributed by atoms with Gasteiger partial charge in [-0.25, -0.2) is 0 Å². The first-order valence-electron chi connectivity index (χ1n) is 8.50. The predicted molar refractivity (Wildman–Crippen MR) is 81.5 cm³/mol. The zero-order valence-electron chi connectivity index (χ0n) is 12.6. The summed E-state index contributed by atoms with van der Waals surface area (Å²) in [5.41, 5.74) is 1.39. The van der Waals surface area contributed by atoms with Crippen LogP contribution in [0, 0.1) is 5.92 Å². The number of rotatable bonds is 6. The molecule has 3 aliphatic rings. The standard InChI is InChI=1S/C17H28N2O/c20-17(11-14-5-2-1-3-6-14)19(12-15-8-9-15)13-16-7-4-10-18-16/h5,15-16,18H,1-4,6-13H2. The molecule has 0 bridgehead atoms. The largest absolute Gasteiger partial charge is 0.341 e. The first-order chi connectivity index (χ1) is 9.81. The van der Waals surface area contributed by atoms with Crippen molar-refractivity contribution in [1.82, 2.24) is 10.2 Å². The van der Waals surface area contributed by atoms with Gasteiger partial charge in [-0.3, -0.25) is 4.79 Å². The SMILES string of the molecule is O=C(CC1=CCCCC1)N(CC1CC1)CC1CCCN1. The van der Waals surface area contributed by atoms with Gasteiger partial charge in [-0.05, 0) is 63.8 Å². The topological polar surface area (TPSA) is 32.3 Å². The summed E-state index contributed by atoms with van der Waals surface area (Å²) in [5.74, 6) is 1.17. The minimum absolute atomic E-state index is 0.374. The maximum Gasteiger partial charge on any atom is 0.226 e. The molecule has 1 aliphatic heterocycles. The van der Waals surface area contributed by atoms with Gasteiger partial charge in [-0.2, -0.15) is 0 Å². The van der Waals surface area contributed by atoms with Crippen LogP contribution in [0.1, 0.15) is 57.8 Å². The monoisotopic (exact) mass is 276 g/mol. The summed E-state index contributed by atoms with van der Waals surface area (Å²) in [6.07, 6.45) is 13.0. The van der Waals surface area contributed by atoms with Gasteiger partial charge >= 0.3 is 0 Å². The zero-order valence-corrected chi connectivity index (χ0v) is 12.6. The van der Waals surface area contributed by atoms with Crippen LogP contribution in [-0.4, -0.2) is 36.5 Å². The lowest BCUT2D eigenvalue weighted by Crippen LogP contribution is -2.42. The summed E-state index contributed by atoms with van der Waals surface area (Å²) < 4.78 is 0. The first kappa shape index (κ1) is 14.1. The van der Waals surface area contributed by atoms with Crippen molar-refractivity contribution in [1.29, 1.82) is 0 Å². The normalized spacial score (nSPS) is 26.4. The third kappa shape index (κ3) is 4.08. The zero-order chi connectivity index (χ0) is 13.8. The average molecular weight is 276 g/mol. The number of hydrogen-bond donors (Lipinski definition) is 1. The highest BCUT2D eigenvalue weighted by Crippen LogP contribution is 2.30. The lowest BCUT2D eigenvalue weighted by Gasteiger charge is -2.27. The van der Waals surface area contributed by atoms with Crippen molar-refractivity contribution in [2.45, 2.75) is 63.8 Å². The van der Waals surface area contributed by atoms with E-state index in [1.54, 1.807) is 0 Å². The number of nitrogens with zero attached hydrogens (tertiary/aromatic N) is 1. The second-order valence-electron chi connectivity index (χ2n) is 6.82. The second kappa shape index (κ2) is 6.75. The molecule has 20 heavy (non-hydrogen) atoms. The number of allylic oxidation sites excluding steroid dienone is 1. The summed E-state index contributed by atoms with van der Waals surface area (Å²) in [6.45, 7) is 3.06. The van der Waals surface area contributed by atoms with Crippen LogP contribution in [0.4, 0.5) is 0 Å². The van der Waals surface area contributed by atoms with Gasteiger partial charge in [0.2, 0.25) is 5.91 Å². The van der Waals surface area contributed by atoms with Gasteiger partial charge in [0, 0.05) is 25.6 Å². The molecule has 1 saturated heterocycles. The number of carbonyl (C=O) groups is 1. The molecule has 1 heterocycles. The van der Waals surface area contributed by atoms with E-state index in [0.717, 1.165) is 32.0 Å². The minimum Gasteiger partial charge on any atom is -0.341 e. The van der Waals surface area contributed by atoms with Crippen molar-refractivity contribution in [2.24, 2.45) is 5.92 Å². The van der Waals surface area contributed by atoms with Crippen LogP contribution in [0.3, 0.4) is 0 Å². The van der Waals surface area contributed by atoms with Gasteiger partial charge in [0.1, 0.15) is 0 Å². The highest BCUT2D eigenvalue weighted by atomic mass is 16.2. The Balaban J connectivity index is 1.54. The fourth-order valence-corrected chi connectivity index (χ4v) is 3.44. The van der Waals surface area contributed by atoms with Crippen LogP contribution in [0.15, 0.2) is 11.6 Å². The fraction of sp³-hybridized carbons (Fsp3) is 0.824. The van der Waals surface area contributed by atoms with Crippen LogP contribution in [0.2, 0.25) is 0 Å². The van der Waals surface area contributed by atoms with E-state index in [1.807, 2.05) is 0 Å². The molecule has 3 rings (SSSR count). The molecular formula is C17H28N2O. The molecule has 0 aromatic rings. The van der Waals surface area contributed by atoms with Crippen molar-refractivity contribution in [3.05, 3.63) is 11.6 Å². The van der Waals surface area contributed by atoms with Gasteiger partial charge in [-0.1, -0.05) is 11.6 Å². The Kier molecular flexibility index (Phi) is 4.77. The van der Waals surface area contributed by atoms with Crippen molar-refractivity contribution in [3.63, 3.8) is 0 Å². The Morgan fingerprint density at radius 2 is 2.10 bits per heavy atom. The van der Waals surface area contributed by atoms with Gasteiger partial charge in [0.15, 0.2) is 0 Å². The van der Waals surface area contributed by atoms with Crippen LogP contribution in [0.5, 0.6) is 0 Å². The summed E-state index contributed by atoms with van der Waals surface area (Å²) in [7, 11) is 0. The van der Waals surface area contributed by atoms with Crippen molar-refractivity contribution in [3.8, 4) is 0 Å². The molecule has 3 heteroatoms. The van der Waals surface area contributed by atoms with Gasteiger partial charge in [0.05, 0.1) is 0 Å². The highest BCUT2D eigenvalue weighted by Gasteiger charge is 2.29.